The Balaban J connectivity index is 2.21. The van der Waals surface area contributed by atoms with E-state index < -0.39 is 0 Å². The normalized spacial score (nSPS) is 10.4. The summed E-state index contributed by atoms with van der Waals surface area (Å²) in [5.41, 5.74) is 7.58. The molecule has 1 aromatic heterocycles. The average Bonchev–Trinajstić information content (AvgIpc) is 2.67. The van der Waals surface area contributed by atoms with Crippen LogP contribution in [0.4, 0.5) is 5.69 Å². The molecule has 0 amide bonds. The number of nitrogens with two attached hydrogens (primary N) is 1. The second kappa shape index (κ2) is 4.49. The number of halogens is 1. The lowest BCUT2D eigenvalue weighted by molar-refractivity contribution is 0.415. The van der Waals surface area contributed by atoms with Gasteiger partial charge in [-0.1, -0.05) is 6.07 Å². The molecule has 2 rings (SSSR count). The number of hydrogen-bond donors (Lipinski definition) is 1. The molecule has 16 heavy (non-hydrogen) atoms. The van der Waals surface area contributed by atoms with Crippen molar-refractivity contribution < 1.29 is 9.15 Å². The predicted octanol–water partition coefficient (Wildman–Crippen LogP) is 3.11. The molecule has 1 aromatic carbocycles. The minimum absolute atomic E-state index is 0.391. The van der Waals surface area contributed by atoms with Crippen molar-refractivity contribution >= 4 is 17.3 Å². The highest BCUT2D eigenvalue weighted by Crippen LogP contribution is 2.23. The maximum absolute atomic E-state index is 5.90. The number of furan rings is 1. The van der Waals surface area contributed by atoms with Gasteiger partial charge in [-0.25, -0.2) is 0 Å². The Labute approximate surface area is 98.8 Å². The van der Waals surface area contributed by atoms with Crippen LogP contribution in [0.1, 0.15) is 11.3 Å². The van der Waals surface area contributed by atoms with Crippen LogP contribution in [0.5, 0.6) is 5.75 Å². The van der Waals surface area contributed by atoms with Crippen molar-refractivity contribution in [3.63, 3.8) is 0 Å². The van der Waals surface area contributed by atoms with Gasteiger partial charge < -0.3 is 14.9 Å². The molecule has 0 saturated carbocycles. The second-order valence-electron chi connectivity index (χ2n) is 3.45. The van der Waals surface area contributed by atoms with E-state index in [9.17, 15) is 0 Å². The standard InChI is InChI=1S/C12H12ClNO2/c1-15-9-3-2-8(11(14)7-9)6-10-4-5-12(13)16-10/h2-5,7H,6,14H2,1H3. The van der Waals surface area contributed by atoms with E-state index in [0.717, 1.165) is 17.1 Å². The van der Waals surface area contributed by atoms with Crippen LogP contribution in [0.3, 0.4) is 0 Å². The number of benzene rings is 1. The van der Waals surface area contributed by atoms with Gasteiger partial charge in [0.05, 0.1) is 7.11 Å². The number of methoxy groups -OCH3 is 1. The van der Waals surface area contributed by atoms with Crippen molar-refractivity contribution in [2.75, 3.05) is 12.8 Å². The summed E-state index contributed by atoms with van der Waals surface area (Å²) in [6.45, 7) is 0. The molecule has 84 valence electrons. The van der Waals surface area contributed by atoms with E-state index in [0.29, 0.717) is 17.3 Å². The lowest BCUT2D eigenvalue weighted by Crippen LogP contribution is -1.96. The highest BCUT2D eigenvalue weighted by Gasteiger charge is 2.05. The van der Waals surface area contributed by atoms with Gasteiger partial charge in [-0.3, -0.25) is 0 Å². The van der Waals surface area contributed by atoms with Crippen molar-refractivity contribution in [3.8, 4) is 5.75 Å². The topological polar surface area (TPSA) is 48.4 Å². The second-order valence-corrected chi connectivity index (χ2v) is 3.82. The Morgan fingerprint density at radius 3 is 2.69 bits per heavy atom. The molecule has 0 aliphatic rings. The molecule has 2 aromatic rings. The maximum atomic E-state index is 5.90. The van der Waals surface area contributed by atoms with Gasteiger partial charge in [0.2, 0.25) is 0 Å². The Hall–Kier alpha value is -1.61. The molecule has 0 aliphatic heterocycles. The zero-order valence-corrected chi connectivity index (χ0v) is 9.62. The van der Waals surface area contributed by atoms with Crippen molar-refractivity contribution in [3.05, 3.63) is 46.9 Å². The first-order valence-corrected chi connectivity index (χ1v) is 5.23. The predicted molar refractivity (Wildman–Crippen MR) is 63.9 cm³/mol. The SMILES string of the molecule is COc1ccc(Cc2ccc(Cl)o2)c(N)c1. The van der Waals surface area contributed by atoms with Gasteiger partial charge in [-0.2, -0.15) is 0 Å². The van der Waals surface area contributed by atoms with Crippen molar-refractivity contribution in [2.24, 2.45) is 0 Å². The number of anilines is 1. The molecular weight excluding hydrogens is 226 g/mol. The zero-order valence-electron chi connectivity index (χ0n) is 8.87. The van der Waals surface area contributed by atoms with Crippen LogP contribution in [0.2, 0.25) is 5.22 Å². The molecule has 0 atom stereocenters. The minimum Gasteiger partial charge on any atom is -0.497 e. The van der Waals surface area contributed by atoms with Gasteiger partial charge in [0.1, 0.15) is 11.5 Å². The van der Waals surface area contributed by atoms with Crippen LogP contribution in [0.25, 0.3) is 0 Å². The molecule has 0 radical (unpaired) electrons. The number of hydrogen-bond acceptors (Lipinski definition) is 3. The van der Waals surface area contributed by atoms with Gasteiger partial charge in [-0.15, -0.1) is 0 Å². The largest absolute Gasteiger partial charge is 0.497 e. The average molecular weight is 238 g/mol. The number of rotatable bonds is 3. The lowest BCUT2D eigenvalue weighted by atomic mass is 10.1. The van der Waals surface area contributed by atoms with Gasteiger partial charge >= 0.3 is 0 Å². The summed E-state index contributed by atoms with van der Waals surface area (Å²) < 4.78 is 10.4. The molecule has 3 nitrogen and oxygen atoms in total. The lowest BCUT2D eigenvalue weighted by Gasteiger charge is -2.06. The van der Waals surface area contributed by atoms with E-state index in [2.05, 4.69) is 0 Å². The van der Waals surface area contributed by atoms with E-state index in [1.807, 2.05) is 18.2 Å². The molecule has 0 saturated heterocycles. The van der Waals surface area contributed by atoms with E-state index in [4.69, 9.17) is 26.5 Å². The van der Waals surface area contributed by atoms with Crippen molar-refractivity contribution in [1.82, 2.24) is 0 Å². The highest BCUT2D eigenvalue weighted by molar-refractivity contribution is 6.28. The van der Waals surface area contributed by atoms with Crippen molar-refractivity contribution in [2.45, 2.75) is 6.42 Å². The summed E-state index contributed by atoms with van der Waals surface area (Å²) in [5.74, 6) is 1.54. The summed E-state index contributed by atoms with van der Waals surface area (Å²) in [4.78, 5) is 0. The van der Waals surface area contributed by atoms with E-state index >= 15 is 0 Å². The first-order valence-electron chi connectivity index (χ1n) is 4.85. The van der Waals surface area contributed by atoms with Gasteiger partial charge in [0, 0.05) is 18.2 Å². The number of ether oxygens (including phenoxy) is 1. The molecular formula is C12H12ClNO2. The van der Waals surface area contributed by atoms with E-state index in [1.165, 1.54) is 0 Å². The molecule has 2 N–H and O–H groups in total. The Morgan fingerprint density at radius 2 is 2.12 bits per heavy atom. The molecule has 0 fully saturated rings. The molecule has 0 aliphatic carbocycles. The highest BCUT2D eigenvalue weighted by atomic mass is 35.5. The van der Waals surface area contributed by atoms with E-state index in [-0.39, 0.29) is 0 Å². The third kappa shape index (κ3) is 2.31. The van der Waals surface area contributed by atoms with Crippen LogP contribution < -0.4 is 10.5 Å². The summed E-state index contributed by atoms with van der Waals surface area (Å²) >= 11 is 5.70. The number of nitrogen functional groups attached to an aromatic ring is 1. The first kappa shape index (κ1) is 10.9. The summed E-state index contributed by atoms with van der Waals surface area (Å²) in [6, 6.07) is 9.14. The smallest absolute Gasteiger partial charge is 0.193 e. The Bertz CT molecular complexity index is 494. The summed E-state index contributed by atoms with van der Waals surface area (Å²) in [7, 11) is 1.61. The molecule has 4 heteroatoms. The van der Waals surface area contributed by atoms with Crippen LogP contribution in [0.15, 0.2) is 34.7 Å². The maximum Gasteiger partial charge on any atom is 0.193 e. The molecule has 0 unspecified atom stereocenters. The molecule has 0 bridgehead atoms. The van der Waals surface area contributed by atoms with Crippen LogP contribution >= 0.6 is 11.6 Å². The summed E-state index contributed by atoms with van der Waals surface area (Å²) in [5, 5.41) is 0.391. The fraction of sp³-hybridized carbons (Fsp3) is 0.167. The monoisotopic (exact) mass is 237 g/mol. The fourth-order valence-electron chi connectivity index (χ4n) is 1.50. The molecule has 1 heterocycles. The van der Waals surface area contributed by atoms with E-state index in [1.54, 1.807) is 19.2 Å². The Kier molecular flexibility index (Phi) is 3.06. The Morgan fingerprint density at radius 1 is 1.31 bits per heavy atom. The van der Waals surface area contributed by atoms with Gasteiger partial charge in [0.25, 0.3) is 0 Å². The molecule has 0 spiro atoms. The van der Waals surface area contributed by atoms with Crippen molar-refractivity contribution in [1.29, 1.82) is 0 Å². The minimum atomic E-state index is 0.391. The van der Waals surface area contributed by atoms with Gasteiger partial charge in [0.15, 0.2) is 5.22 Å². The van der Waals surface area contributed by atoms with Gasteiger partial charge in [-0.05, 0) is 35.4 Å². The zero-order chi connectivity index (χ0) is 11.5. The summed E-state index contributed by atoms with van der Waals surface area (Å²) in [6.07, 6.45) is 0.628. The van der Waals surface area contributed by atoms with Crippen LogP contribution in [0, 0.1) is 0 Å². The fourth-order valence-corrected chi connectivity index (χ4v) is 1.66. The van der Waals surface area contributed by atoms with Crippen LogP contribution in [-0.2, 0) is 6.42 Å². The third-order valence-electron chi connectivity index (χ3n) is 2.35. The third-order valence-corrected chi connectivity index (χ3v) is 2.55. The first-order chi connectivity index (χ1) is 7.69. The quantitative estimate of drug-likeness (QED) is 0.835. The van der Waals surface area contributed by atoms with Crippen LogP contribution in [-0.4, -0.2) is 7.11 Å².